The van der Waals surface area contributed by atoms with Crippen molar-refractivity contribution >= 4 is 6.09 Å². The van der Waals surface area contributed by atoms with Gasteiger partial charge in [0.25, 0.3) is 0 Å². The lowest BCUT2D eigenvalue weighted by molar-refractivity contribution is -0.0841. The second kappa shape index (κ2) is 15.4. The van der Waals surface area contributed by atoms with Crippen molar-refractivity contribution in [3.05, 3.63) is 23.8 Å². The van der Waals surface area contributed by atoms with Gasteiger partial charge in [-0.05, 0) is 95.2 Å². The van der Waals surface area contributed by atoms with Crippen molar-refractivity contribution in [2.45, 2.75) is 111 Å². The molecule has 1 aliphatic rings. The lowest BCUT2D eigenvalue weighted by Crippen LogP contribution is -2.51. The Hall–Kier alpha value is -2.03. The molecule has 1 aromatic carbocycles. The maximum Gasteiger partial charge on any atom is 0.412 e. The van der Waals surface area contributed by atoms with Gasteiger partial charge in [0.2, 0.25) is 0 Å². The van der Waals surface area contributed by atoms with Crippen LogP contribution >= 0.6 is 0 Å². The highest BCUT2D eigenvalue weighted by atomic mass is 16.6. The minimum Gasteiger partial charge on any atom is -0.493 e. The summed E-state index contributed by atoms with van der Waals surface area (Å²) in [6.45, 7) is 19.5. The third-order valence-electron chi connectivity index (χ3n) is 8.05. The Kier molecular flexibility index (Phi) is 13.2. The Labute approximate surface area is 249 Å². The van der Waals surface area contributed by atoms with Crippen LogP contribution < -0.4 is 9.47 Å². The summed E-state index contributed by atoms with van der Waals surface area (Å²) in [5.74, 6) is 2.42. The van der Waals surface area contributed by atoms with E-state index in [2.05, 4.69) is 39.8 Å². The average molecular weight is 580 g/mol. The fraction of sp³-hybridized carbons (Fsp3) is 0.788. The molecule has 2 rings (SSSR count). The van der Waals surface area contributed by atoms with Gasteiger partial charge in [0.05, 0.1) is 25.9 Å². The lowest BCUT2D eigenvalue weighted by atomic mass is 9.80. The minimum atomic E-state index is -0.834. The summed E-state index contributed by atoms with van der Waals surface area (Å²) in [5, 5.41) is 10.1. The standard InChI is InChI=1S/C33H57NO7/c1-22(2)25(17-24-13-14-28(38-11)30(18-24)39-16-12-15-37-10)19-27-29(20-26(21-35)23(3)4)40-33(8,9)34(27)31(36)41-32(5,6)7/h13-14,18,22-23,25-27,29,35H,12,15-17,19-21H2,1-11H3. The highest BCUT2D eigenvalue weighted by Crippen LogP contribution is 2.41. The van der Waals surface area contributed by atoms with Crippen molar-refractivity contribution in [3.8, 4) is 11.5 Å². The van der Waals surface area contributed by atoms with Crippen LogP contribution in [-0.2, 0) is 20.6 Å². The van der Waals surface area contributed by atoms with Crippen LogP contribution in [0.15, 0.2) is 18.2 Å². The zero-order valence-electron chi connectivity index (χ0n) is 27.5. The zero-order chi connectivity index (χ0) is 31.0. The Morgan fingerprint density at radius 2 is 1.68 bits per heavy atom. The van der Waals surface area contributed by atoms with E-state index >= 15 is 0 Å². The summed E-state index contributed by atoms with van der Waals surface area (Å²) in [5.41, 5.74) is -0.304. The third kappa shape index (κ3) is 10.3. The van der Waals surface area contributed by atoms with E-state index in [9.17, 15) is 9.90 Å². The molecule has 0 spiro atoms. The largest absolute Gasteiger partial charge is 0.493 e. The van der Waals surface area contributed by atoms with Crippen molar-refractivity contribution in [2.75, 3.05) is 34.0 Å². The molecule has 41 heavy (non-hydrogen) atoms. The average Bonchev–Trinajstić information content (AvgIpc) is 3.12. The maximum absolute atomic E-state index is 13.6. The van der Waals surface area contributed by atoms with Gasteiger partial charge >= 0.3 is 6.09 Å². The number of aliphatic hydroxyl groups excluding tert-OH is 1. The fourth-order valence-corrected chi connectivity index (χ4v) is 5.61. The first kappa shape index (κ1) is 35.2. The molecule has 8 nitrogen and oxygen atoms in total. The van der Waals surface area contributed by atoms with Crippen molar-refractivity contribution in [2.24, 2.45) is 23.7 Å². The van der Waals surface area contributed by atoms with Crippen LogP contribution in [0, 0.1) is 23.7 Å². The van der Waals surface area contributed by atoms with Crippen LogP contribution in [0.1, 0.15) is 87.1 Å². The molecule has 4 atom stereocenters. The second-order valence-electron chi connectivity index (χ2n) is 13.6. The monoisotopic (exact) mass is 579 g/mol. The molecule has 0 saturated carbocycles. The summed E-state index contributed by atoms with van der Waals surface area (Å²) in [7, 11) is 3.34. The van der Waals surface area contributed by atoms with Gasteiger partial charge in [-0.3, -0.25) is 4.90 Å². The van der Waals surface area contributed by atoms with Crippen molar-refractivity contribution in [1.29, 1.82) is 0 Å². The quantitative estimate of drug-likeness (QED) is 0.231. The van der Waals surface area contributed by atoms with Crippen LogP contribution in [0.5, 0.6) is 11.5 Å². The number of amides is 1. The molecule has 1 saturated heterocycles. The van der Waals surface area contributed by atoms with Crippen LogP contribution in [0.2, 0.25) is 0 Å². The predicted octanol–water partition coefficient (Wildman–Crippen LogP) is 6.71. The van der Waals surface area contributed by atoms with Crippen molar-refractivity contribution in [3.63, 3.8) is 0 Å². The number of nitrogens with zero attached hydrogens (tertiary/aromatic N) is 1. The van der Waals surface area contributed by atoms with Gasteiger partial charge in [0.15, 0.2) is 11.5 Å². The maximum atomic E-state index is 13.6. The van der Waals surface area contributed by atoms with E-state index in [-0.39, 0.29) is 36.7 Å². The number of rotatable bonds is 15. The first-order valence-electron chi connectivity index (χ1n) is 15.2. The zero-order valence-corrected chi connectivity index (χ0v) is 27.5. The van der Waals surface area contributed by atoms with E-state index < -0.39 is 11.3 Å². The molecule has 1 aromatic rings. The molecule has 1 N–H and O–H groups in total. The molecule has 1 heterocycles. The van der Waals surface area contributed by atoms with E-state index in [0.717, 1.165) is 30.6 Å². The fourth-order valence-electron chi connectivity index (χ4n) is 5.61. The number of hydrogen-bond acceptors (Lipinski definition) is 7. The third-order valence-corrected chi connectivity index (χ3v) is 8.05. The topological polar surface area (TPSA) is 86.7 Å². The Balaban J connectivity index is 2.39. The van der Waals surface area contributed by atoms with E-state index in [1.165, 1.54) is 0 Å². The number of benzene rings is 1. The minimum absolute atomic E-state index is 0.0776. The number of carbonyl (C=O) groups excluding carboxylic acids is 1. The number of ether oxygens (including phenoxy) is 5. The van der Waals surface area contributed by atoms with Gasteiger partial charge in [-0.25, -0.2) is 4.79 Å². The number of methoxy groups -OCH3 is 2. The summed E-state index contributed by atoms with van der Waals surface area (Å²) in [6.07, 6.45) is 2.46. The number of aliphatic hydroxyl groups is 1. The first-order chi connectivity index (χ1) is 19.1. The normalized spacial score (nSPS) is 20.4. The van der Waals surface area contributed by atoms with Crippen LogP contribution in [0.4, 0.5) is 4.79 Å². The molecule has 0 bridgehead atoms. The summed E-state index contributed by atoms with van der Waals surface area (Å²) < 4.78 is 29.2. The van der Waals surface area contributed by atoms with Crippen molar-refractivity contribution in [1.82, 2.24) is 4.90 Å². The van der Waals surface area contributed by atoms with Gasteiger partial charge in [-0.15, -0.1) is 0 Å². The molecule has 1 amide bonds. The molecular weight excluding hydrogens is 522 g/mol. The first-order valence-corrected chi connectivity index (χ1v) is 15.2. The molecule has 236 valence electrons. The summed E-state index contributed by atoms with van der Waals surface area (Å²) in [4.78, 5) is 15.4. The van der Waals surface area contributed by atoms with Crippen LogP contribution in [0.3, 0.4) is 0 Å². The smallest absolute Gasteiger partial charge is 0.412 e. The molecular formula is C33H57NO7. The highest BCUT2D eigenvalue weighted by molar-refractivity contribution is 5.70. The van der Waals surface area contributed by atoms with E-state index in [1.54, 1.807) is 14.2 Å². The molecule has 4 unspecified atom stereocenters. The summed E-state index contributed by atoms with van der Waals surface area (Å²) >= 11 is 0. The Morgan fingerprint density at radius 1 is 1.02 bits per heavy atom. The molecule has 0 radical (unpaired) electrons. The van der Waals surface area contributed by atoms with E-state index in [0.29, 0.717) is 37.2 Å². The van der Waals surface area contributed by atoms with Crippen molar-refractivity contribution < 1.29 is 33.6 Å². The Bertz CT molecular complexity index is 940. The molecule has 0 aromatic heterocycles. The van der Waals surface area contributed by atoms with E-state index in [1.807, 2.05) is 45.6 Å². The SMILES string of the molecule is COCCCOc1cc(CC(CC2C(CC(CO)C(C)C)OC(C)(C)N2C(=O)OC(C)(C)C)C(C)C)ccc1OC. The predicted molar refractivity (Wildman–Crippen MR) is 162 cm³/mol. The number of hydrogen-bond donors (Lipinski definition) is 1. The molecule has 1 aliphatic heterocycles. The van der Waals surface area contributed by atoms with E-state index in [4.69, 9.17) is 23.7 Å². The highest BCUT2D eigenvalue weighted by Gasteiger charge is 2.52. The van der Waals surface area contributed by atoms with Gasteiger partial charge in [-0.2, -0.15) is 0 Å². The van der Waals surface area contributed by atoms with Crippen LogP contribution in [-0.4, -0.2) is 73.6 Å². The van der Waals surface area contributed by atoms with Gasteiger partial charge in [0.1, 0.15) is 11.3 Å². The Morgan fingerprint density at radius 3 is 2.22 bits per heavy atom. The van der Waals surface area contributed by atoms with Gasteiger partial charge in [0, 0.05) is 26.7 Å². The molecule has 1 fully saturated rings. The van der Waals surface area contributed by atoms with Gasteiger partial charge < -0.3 is 28.8 Å². The second-order valence-corrected chi connectivity index (χ2v) is 13.6. The lowest BCUT2D eigenvalue weighted by Gasteiger charge is -2.37. The number of carbonyl (C=O) groups is 1. The summed E-state index contributed by atoms with van der Waals surface area (Å²) in [6, 6.07) is 5.93. The molecule has 8 heteroatoms. The van der Waals surface area contributed by atoms with Gasteiger partial charge in [-0.1, -0.05) is 33.8 Å². The molecule has 0 aliphatic carbocycles. The van der Waals surface area contributed by atoms with Crippen LogP contribution in [0.25, 0.3) is 0 Å².